The minimum Gasteiger partial charge on any atom is -0.481 e. The second kappa shape index (κ2) is 13.9. The summed E-state index contributed by atoms with van der Waals surface area (Å²) in [6.07, 6.45) is 9.60. The fraction of sp³-hybridized carbons (Fsp3) is 0.867. The van der Waals surface area contributed by atoms with Crippen molar-refractivity contribution < 1.29 is 37.4 Å². The molecule has 1 amide bonds. The van der Waals surface area contributed by atoms with E-state index in [1.807, 2.05) is 18.7 Å². The number of esters is 1. The maximum absolute atomic E-state index is 14.0. The molecule has 0 spiro atoms. The zero-order valence-electron chi connectivity index (χ0n) is 35.7. The molecule has 7 aliphatic rings. The zero-order chi connectivity index (χ0) is 41.0. The molecule has 2 N–H and O–H groups in total. The topological polar surface area (TPSA) is 147 Å². The summed E-state index contributed by atoms with van der Waals surface area (Å²) in [5, 5.41) is 12.8. The quantitative estimate of drug-likeness (QED) is 0.239. The number of carbonyl (C=O) groups excluding carboxylic acids is 3. The van der Waals surface area contributed by atoms with Crippen molar-refractivity contribution in [3.63, 3.8) is 0 Å². The van der Waals surface area contributed by atoms with Crippen LogP contribution in [0.5, 0.6) is 0 Å². The number of ether oxygens (including phenoxy) is 1. The van der Waals surface area contributed by atoms with E-state index < -0.39 is 27.1 Å². The lowest BCUT2D eigenvalue weighted by atomic mass is 9.33. The molecule has 0 aromatic heterocycles. The lowest BCUT2D eigenvalue weighted by molar-refractivity contribution is -0.236. The number of nitrogens with one attached hydrogen (secondary N) is 1. The Balaban J connectivity index is 1.08. The third-order valence-electron chi connectivity index (χ3n) is 18.4. The van der Waals surface area contributed by atoms with Crippen LogP contribution >= 0.6 is 0 Å². The molecule has 1 saturated heterocycles. The van der Waals surface area contributed by atoms with E-state index in [9.17, 15) is 32.7 Å². The lowest BCUT2D eigenvalue weighted by Crippen LogP contribution is -2.66. The highest BCUT2D eigenvalue weighted by molar-refractivity contribution is 7.91. The Bertz CT molecular complexity index is 1790. The Hall–Kier alpha value is -2.27. The molecule has 0 radical (unpaired) electrons. The number of rotatable bonds is 9. The SMILES string of the molecule is CC(C)C1=C2[C@H]3CC[C@@H]4[C@@]5(C)CC[C@H](OC(=O)[C@H]6C[C@@H](C(=O)O)C6(C)C)C(C)(C)[C@@H]5CC[C@@]4(C)[C@]3(C)CC[C@@]2(CCNC(=O)CN2CCS(=O)(=O)CC2)CC1=O. The number of ketones is 1. The molecule has 10 nitrogen and oxygen atoms in total. The molecule has 7 rings (SSSR count). The van der Waals surface area contributed by atoms with Gasteiger partial charge in [-0.25, -0.2) is 8.42 Å². The maximum Gasteiger partial charge on any atom is 0.309 e. The van der Waals surface area contributed by atoms with Crippen LogP contribution in [0.1, 0.15) is 133 Å². The van der Waals surface area contributed by atoms with Crippen LogP contribution in [0.15, 0.2) is 11.1 Å². The Labute approximate surface area is 336 Å². The van der Waals surface area contributed by atoms with Crippen LogP contribution in [-0.4, -0.2) is 85.8 Å². The van der Waals surface area contributed by atoms with Crippen LogP contribution in [0.25, 0.3) is 0 Å². The number of Topliss-reactive ketones (excluding diaryl/α,β-unsaturated/α-hetero) is 1. The van der Waals surface area contributed by atoms with Crippen molar-refractivity contribution in [3.05, 3.63) is 11.1 Å². The summed E-state index contributed by atoms with van der Waals surface area (Å²) in [7, 11) is -3.01. The van der Waals surface area contributed by atoms with Gasteiger partial charge in [0.15, 0.2) is 15.6 Å². The second-order valence-electron chi connectivity index (χ2n) is 21.8. The average molecular weight is 799 g/mol. The number of amides is 1. The van der Waals surface area contributed by atoms with Gasteiger partial charge in [0, 0.05) is 36.9 Å². The van der Waals surface area contributed by atoms with Gasteiger partial charge in [-0.05, 0) is 115 Å². The van der Waals surface area contributed by atoms with Crippen molar-refractivity contribution in [1.82, 2.24) is 10.2 Å². The number of allylic oxidation sites excluding steroid dienone is 2. The predicted molar refractivity (Wildman–Crippen MR) is 215 cm³/mol. The number of hydrogen-bond donors (Lipinski definition) is 2. The van der Waals surface area contributed by atoms with Crippen LogP contribution < -0.4 is 5.32 Å². The van der Waals surface area contributed by atoms with Gasteiger partial charge in [0.1, 0.15) is 6.10 Å². The Kier molecular flexibility index (Phi) is 10.4. The lowest BCUT2D eigenvalue weighted by Gasteiger charge is -2.72. The van der Waals surface area contributed by atoms with Gasteiger partial charge >= 0.3 is 11.9 Å². The first kappa shape index (κ1) is 41.9. The van der Waals surface area contributed by atoms with E-state index >= 15 is 0 Å². The van der Waals surface area contributed by atoms with Crippen LogP contribution in [-0.2, 0) is 33.8 Å². The fourth-order valence-electron chi connectivity index (χ4n) is 14.8. The molecule has 0 aromatic rings. The van der Waals surface area contributed by atoms with E-state index in [4.69, 9.17) is 4.74 Å². The second-order valence-corrected chi connectivity index (χ2v) is 24.1. The van der Waals surface area contributed by atoms with Crippen molar-refractivity contribution in [2.45, 2.75) is 139 Å². The molecule has 0 unspecified atom stereocenters. The summed E-state index contributed by atoms with van der Waals surface area (Å²) < 4.78 is 30.2. The largest absolute Gasteiger partial charge is 0.481 e. The highest BCUT2D eigenvalue weighted by Gasteiger charge is 2.70. The Morgan fingerprint density at radius 3 is 2.16 bits per heavy atom. The molecular formula is C45H70N2O8S. The third-order valence-corrected chi connectivity index (χ3v) is 20.0. The van der Waals surface area contributed by atoms with Crippen molar-refractivity contribution >= 4 is 33.5 Å². The van der Waals surface area contributed by atoms with E-state index in [0.29, 0.717) is 56.0 Å². The normalized spacial score (nSPS) is 42.4. The number of nitrogens with zero attached hydrogens (tertiary/aromatic N) is 1. The van der Waals surface area contributed by atoms with Crippen LogP contribution in [0.3, 0.4) is 0 Å². The number of hydrogen-bond acceptors (Lipinski definition) is 8. The molecule has 11 heteroatoms. The molecule has 0 aromatic carbocycles. The number of aliphatic carboxylic acids is 1. The van der Waals surface area contributed by atoms with Gasteiger partial charge in [-0.1, -0.05) is 67.9 Å². The minimum atomic E-state index is -3.01. The fourth-order valence-corrected chi connectivity index (χ4v) is 16.1. The Morgan fingerprint density at radius 2 is 1.54 bits per heavy atom. The van der Waals surface area contributed by atoms with Crippen LogP contribution in [0, 0.1) is 68.0 Å². The molecule has 6 aliphatic carbocycles. The molecule has 6 fully saturated rings. The molecule has 0 bridgehead atoms. The average Bonchev–Trinajstić information content (AvgIpc) is 3.38. The van der Waals surface area contributed by atoms with Crippen molar-refractivity contribution in [2.75, 3.05) is 37.7 Å². The molecule has 5 saturated carbocycles. The van der Waals surface area contributed by atoms with Gasteiger partial charge in [0.2, 0.25) is 5.91 Å². The summed E-state index contributed by atoms with van der Waals surface area (Å²) in [4.78, 5) is 54.4. The minimum absolute atomic E-state index is 0.0231. The monoisotopic (exact) mass is 798 g/mol. The number of carboxylic acid groups (broad SMARTS) is 1. The van der Waals surface area contributed by atoms with Crippen molar-refractivity contribution in [1.29, 1.82) is 0 Å². The zero-order valence-corrected chi connectivity index (χ0v) is 36.5. The molecule has 10 atom stereocenters. The molecule has 314 valence electrons. The molecule has 56 heavy (non-hydrogen) atoms. The third kappa shape index (κ3) is 6.36. The van der Waals surface area contributed by atoms with Crippen molar-refractivity contribution in [2.24, 2.45) is 68.0 Å². The predicted octanol–water partition coefficient (Wildman–Crippen LogP) is 6.86. The van der Waals surface area contributed by atoms with Crippen LogP contribution in [0.2, 0.25) is 0 Å². The maximum atomic E-state index is 14.0. The van der Waals surface area contributed by atoms with E-state index in [-0.39, 0.29) is 74.9 Å². The van der Waals surface area contributed by atoms with Gasteiger partial charge in [0.25, 0.3) is 0 Å². The first-order chi connectivity index (χ1) is 25.9. The molecular weight excluding hydrogens is 729 g/mol. The first-order valence-electron chi connectivity index (χ1n) is 21.8. The number of sulfone groups is 1. The first-order valence-corrected chi connectivity index (χ1v) is 23.7. The van der Waals surface area contributed by atoms with E-state index in [0.717, 1.165) is 63.4 Å². The number of fused-ring (bicyclic) bond motifs is 7. The summed E-state index contributed by atoms with van der Waals surface area (Å²) >= 11 is 0. The van der Waals surface area contributed by atoms with E-state index in [1.165, 1.54) is 5.57 Å². The number of carbonyl (C=O) groups is 4. The van der Waals surface area contributed by atoms with Crippen molar-refractivity contribution in [3.8, 4) is 0 Å². The summed E-state index contributed by atoms with van der Waals surface area (Å²) in [5.41, 5.74) is 1.58. The smallest absolute Gasteiger partial charge is 0.309 e. The Morgan fingerprint density at radius 1 is 0.857 bits per heavy atom. The van der Waals surface area contributed by atoms with Gasteiger partial charge in [0.05, 0.1) is 29.9 Å². The summed E-state index contributed by atoms with van der Waals surface area (Å²) in [6, 6.07) is 0. The van der Waals surface area contributed by atoms with E-state index in [2.05, 4.69) is 53.8 Å². The molecule has 1 heterocycles. The van der Waals surface area contributed by atoms with Crippen LogP contribution in [0.4, 0.5) is 0 Å². The number of carboxylic acids is 1. The van der Waals surface area contributed by atoms with E-state index in [1.54, 1.807) is 0 Å². The highest BCUT2D eigenvalue weighted by Crippen LogP contribution is 2.77. The highest BCUT2D eigenvalue weighted by atomic mass is 32.2. The van der Waals surface area contributed by atoms with Gasteiger partial charge < -0.3 is 15.2 Å². The van der Waals surface area contributed by atoms with Gasteiger partial charge in [-0.2, -0.15) is 0 Å². The summed E-state index contributed by atoms with van der Waals surface area (Å²) in [6.45, 7) is 21.9. The summed E-state index contributed by atoms with van der Waals surface area (Å²) in [5.74, 6) is -0.201. The molecule has 1 aliphatic heterocycles. The van der Waals surface area contributed by atoms with Gasteiger partial charge in [-0.15, -0.1) is 0 Å². The van der Waals surface area contributed by atoms with Gasteiger partial charge in [-0.3, -0.25) is 24.1 Å². The standard InChI is InChI=1S/C45H70N2O8S/c1-27(2)36-31(48)25-45(18-19-46-35(49)26-47-20-22-56(53,54)23-21-47)17-16-43(8)28(37(36)45)10-11-33-42(7)14-13-34(41(5,6)32(42)12-15-44(33,43)9)55-39(52)30-24-29(38(50)51)40(30,3)4/h27-30,32-34H,10-26H2,1-9H3,(H,46,49)(H,50,51)/t28-,29+,30-,32+,33-,34+,42+,43-,44-,45-/m1/s1.